The van der Waals surface area contributed by atoms with Crippen molar-refractivity contribution >= 4 is 17.9 Å². The van der Waals surface area contributed by atoms with Crippen LogP contribution in [0.4, 0.5) is 0 Å². The van der Waals surface area contributed by atoms with Gasteiger partial charge in [-0.05, 0) is 116 Å². The van der Waals surface area contributed by atoms with Gasteiger partial charge in [-0.15, -0.1) is 0 Å². The zero-order valence-electron chi connectivity index (χ0n) is 64.2. The standard InChI is InChI=1S/3C25H54N.C6H8O7/c3*1-5-8-11-14-17-20-23-26(4,24-21-18-15-12-9-6-2)25-22-19-16-13-10-7-3;7-3(8)1-6(13,5(11)12)2-4(9)10/h3*5-25H2,1-4H3;13H,1-2H2,(H,7,8)(H,9,10)(H,11,12)/q3*+1;/p-3. The first-order chi connectivity index (χ1) is 43.8. The Morgan fingerprint density at radius 3 is 0.440 bits per heavy atom. The molecule has 0 radical (unpaired) electrons. The molecule has 0 atom stereocenters. The van der Waals surface area contributed by atoms with Crippen LogP contribution in [-0.4, -0.2) is 122 Å². The van der Waals surface area contributed by atoms with E-state index in [9.17, 15) is 29.7 Å². The number of rotatable bonds is 68. The topological polar surface area (TPSA) is 141 Å². The second-order valence-corrected chi connectivity index (χ2v) is 29.7. The van der Waals surface area contributed by atoms with Crippen LogP contribution in [0.3, 0.4) is 0 Å². The van der Waals surface area contributed by atoms with Gasteiger partial charge in [-0.3, -0.25) is 0 Å². The summed E-state index contributed by atoms with van der Waals surface area (Å²) in [5.74, 6) is -5.98. The second-order valence-electron chi connectivity index (χ2n) is 29.7. The lowest BCUT2D eigenvalue weighted by Gasteiger charge is -2.35. The van der Waals surface area contributed by atoms with Crippen LogP contribution in [0.25, 0.3) is 0 Å². The average Bonchev–Trinajstić information content (AvgIpc) is 2.32. The number of unbranched alkanes of at least 4 members (excludes halogenated alkanes) is 45. The molecule has 0 aliphatic rings. The molecule has 0 saturated heterocycles. The summed E-state index contributed by atoms with van der Waals surface area (Å²) in [5.41, 5.74) is -2.97. The summed E-state index contributed by atoms with van der Waals surface area (Å²) >= 11 is 0. The van der Waals surface area contributed by atoms with E-state index < -0.39 is 36.4 Å². The monoisotopic (exact) mass is 1290 g/mol. The van der Waals surface area contributed by atoms with E-state index in [2.05, 4.69) is 83.5 Å². The zero-order valence-corrected chi connectivity index (χ0v) is 64.2. The number of carboxylic acids is 3. The smallest absolute Gasteiger partial charge is 0.114 e. The summed E-state index contributed by atoms with van der Waals surface area (Å²) in [4.78, 5) is 30.0. The van der Waals surface area contributed by atoms with Gasteiger partial charge in [0.25, 0.3) is 0 Å². The van der Waals surface area contributed by atoms with Crippen molar-refractivity contribution in [3.05, 3.63) is 0 Å². The third-order valence-electron chi connectivity index (χ3n) is 19.7. The Labute approximate surface area is 571 Å². The molecule has 548 valence electrons. The molecule has 1 N–H and O–H groups in total. The maximum absolute atomic E-state index is 10.1. The van der Waals surface area contributed by atoms with Gasteiger partial charge in [0, 0.05) is 24.8 Å². The van der Waals surface area contributed by atoms with Gasteiger partial charge in [0.1, 0.15) is 5.60 Å². The minimum atomic E-state index is -2.97. The van der Waals surface area contributed by atoms with E-state index >= 15 is 0 Å². The third kappa shape index (κ3) is 72.4. The lowest BCUT2D eigenvalue weighted by Crippen LogP contribution is -2.54. The minimum Gasteiger partial charge on any atom is -0.550 e. The van der Waals surface area contributed by atoms with E-state index in [0.29, 0.717) is 0 Å². The van der Waals surface area contributed by atoms with Crippen LogP contribution in [0.5, 0.6) is 0 Å². The molecule has 0 aliphatic carbocycles. The van der Waals surface area contributed by atoms with Gasteiger partial charge in [-0.25, -0.2) is 0 Å². The Morgan fingerprint density at radius 1 is 0.231 bits per heavy atom. The molecule has 10 heteroatoms. The Kier molecular flexibility index (Phi) is 76.2. The molecule has 0 aromatic heterocycles. The van der Waals surface area contributed by atoms with Gasteiger partial charge < -0.3 is 48.3 Å². The van der Waals surface area contributed by atoms with Gasteiger partial charge in [-0.1, -0.05) is 293 Å². The number of nitrogens with zero attached hydrogens (tertiary/aromatic N) is 3. The van der Waals surface area contributed by atoms with Crippen molar-refractivity contribution in [2.24, 2.45) is 0 Å². The van der Waals surface area contributed by atoms with Crippen molar-refractivity contribution in [2.45, 2.75) is 427 Å². The normalized spacial score (nSPS) is 11.8. The number of carboxylic acid groups (broad SMARTS) is 3. The maximum Gasteiger partial charge on any atom is 0.114 e. The lowest BCUT2D eigenvalue weighted by atomic mass is 9.96. The molecule has 0 aromatic carbocycles. The highest BCUT2D eigenvalue weighted by atomic mass is 16.4. The van der Waals surface area contributed by atoms with Crippen LogP contribution < -0.4 is 15.3 Å². The Hall–Kier alpha value is -1.75. The predicted molar refractivity (Wildman–Crippen MR) is 392 cm³/mol. The number of carbonyl (C=O) groups is 3. The van der Waals surface area contributed by atoms with Crippen molar-refractivity contribution in [3.8, 4) is 0 Å². The molecule has 0 bridgehead atoms. The third-order valence-corrected chi connectivity index (χ3v) is 19.7. The van der Waals surface area contributed by atoms with Crippen molar-refractivity contribution in [1.82, 2.24) is 0 Å². The second kappa shape index (κ2) is 72.5. The summed E-state index contributed by atoms with van der Waals surface area (Å²) in [6.45, 7) is 33.7. The number of hydrogen-bond acceptors (Lipinski definition) is 7. The minimum absolute atomic E-state index is 1.36. The average molecular weight is 1300 g/mol. The van der Waals surface area contributed by atoms with Crippen LogP contribution in [0.15, 0.2) is 0 Å². The van der Waals surface area contributed by atoms with Crippen LogP contribution in [0, 0.1) is 0 Å². The van der Waals surface area contributed by atoms with E-state index in [-0.39, 0.29) is 0 Å². The maximum atomic E-state index is 10.1. The number of hydrogen-bond donors (Lipinski definition) is 1. The first-order valence-electron chi connectivity index (χ1n) is 40.7. The SMILES string of the molecule is CCCCCCCC[N+](C)(CCCCCCCC)CCCCCCCC.CCCCCCCC[N+](C)(CCCCCCCC)CCCCCCCC.CCCCCCCC[N+](C)(CCCCCCCC)CCCCCCCC.O=C([O-])CC(O)(CC(=O)[O-])C(=O)[O-]. The molecule has 0 aliphatic heterocycles. The molecular weight excluding hydrogens is 1130 g/mol. The van der Waals surface area contributed by atoms with Gasteiger partial charge in [-0.2, -0.15) is 0 Å². The van der Waals surface area contributed by atoms with E-state index in [4.69, 9.17) is 5.11 Å². The number of aliphatic hydroxyl groups is 1. The van der Waals surface area contributed by atoms with Crippen molar-refractivity contribution in [2.75, 3.05) is 80.0 Å². The number of carbonyl (C=O) groups excluding carboxylic acids is 3. The molecule has 91 heavy (non-hydrogen) atoms. The predicted octanol–water partition coefficient (Wildman–Crippen LogP) is 20.3. The Balaban J connectivity index is -0.000000569. The quantitative estimate of drug-likeness (QED) is 0.0472. The van der Waals surface area contributed by atoms with E-state index in [1.165, 1.54) is 419 Å². The van der Waals surface area contributed by atoms with E-state index in [0.717, 1.165) is 0 Å². The fourth-order valence-corrected chi connectivity index (χ4v) is 13.2. The van der Waals surface area contributed by atoms with E-state index in [1.54, 1.807) is 0 Å². The summed E-state index contributed by atoms with van der Waals surface area (Å²) in [6, 6.07) is 0. The molecule has 10 nitrogen and oxygen atoms in total. The van der Waals surface area contributed by atoms with Crippen LogP contribution in [0.2, 0.25) is 0 Å². The highest BCUT2D eigenvalue weighted by Gasteiger charge is 2.29. The van der Waals surface area contributed by atoms with Crippen LogP contribution in [-0.2, 0) is 14.4 Å². The molecule has 0 unspecified atom stereocenters. The molecule has 0 amide bonds. The highest BCUT2D eigenvalue weighted by Crippen LogP contribution is 2.21. The molecule has 0 fully saturated rings. The number of quaternary nitrogens is 3. The summed E-state index contributed by atoms with van der Waals surface area (Å²) in [7, 11) is 7.68. The fourth-order valence-electron chi connectivity index (χ4n) is 13.2. The molecule has 0 saturated carbocycles. The summed E-state index contributed by atoms with van der Waals surface area (Å²) in [5, 5.41) is 38.9. The summed E-state index contributed by atoms with van der Waals surface area (Å²) in [6.07, 6.45) is 74.9. The first kappa shape index (κ1) is 95.6. The van der Waals surface area contributed by atoms with Gasteiger partial charge >= 0.3 is 0 Å². The number of aliphatic carboxylic acids is 3. The van der Waals surface area contributed by atoms with Crippen LogP contribution in [0.1, 0.15) is 422 Å². The largest absolute Gasteiger partial charge is 0.550 e. The van der Waals surface area contributed by atoms with Crippen molar-refractivity contribution in [1.29, 1.82) is 0 Å². The Bertz CT molecular complexity index is 1210. The van der Waals surface area contributed by atoms with Gasteiger partial charge in [0.05, 0.1) is 86.0 Å². The van der Waals surface area contributed by atoms with Gasteiger partial charge in [0.15, 0.2) is 0 Å². The molecule has 0 heterocycles. The first-order valence-corrected chi connectivity index (χ1v) is 40.7. The molecule has 0 aromatic rings. The van der Waals surface area contributed by atoms with E-state index in [1.807, 2.05) is 0 Å². The zero-order chi connectivity index (χ0) is 68.7. The highest BCUT2D eigenvalue weighted by molar-refractivity contribution is 5.86. The molecular formula is C81H167N3O7. The van der Waals surface area contributed by atoms with Crippen molar-refractivity contribution < 1.29 is 48.3 Å². The van der Waals surface area contributed by atoms with Crippen LogP contribution >= 0.6 is 0 Å². The lowest BCUT2D eigenvalue weighted by molar-refractivity contribution is -0.910. The molecule has 0 spiro atoms. The summed E-state index contributed by atoms with van der Waals surface area (Å²) < 4.78 is 4.07. The Morgan fingerprint density at radius 2 is 0.341 bits per heavy atom. The fraction of sp³-hybridized carbons (Fsp3) is 0.963. The van der Waals surface area contributed by atoms with Crippen molar-refractivity contribution in [3.63, 3.8) is 0 Å². The molecule has 0 rings (SSSR count). The van der Waals surface area contributed by atoms with Gasteiger partial charge in [0.2, 0.25) is 0 Å².